The van der Waals surface area contributed by atoms with Gasteiger partial charge in [0.15, 0.2) is 0 Å². The van der Waals surface area contributed by atoms with Crippen LogP contribution in [0, 0.1) is 34.6 Å². The maximum absolute atomic E-state index is 14.5. The molecule has 0 bridgehead atoms. The minimum Gasteiger partial charge on any atom is -0.261 e. The Balaban J connectivity index is 1.76. The summed E-state index contributed by atoms with van der Waals surface area (Å²) in [5.41, 5.74) is 5.45. The van der Waals surface area contributed by atoms with E-state index in [4.69, 9.17) is 4.98 Å². The molecule has 9 heteroatoms. The number of nitrogens with zero attached hydrogens (tertiary/aromatic N) is 3. The van der Waals surface area contributed by atoms with Crippen molar-refractivity contribution in [1.82, 2.24) is 4.98 Å². The van der Waals surface area contributed by atoms with Crippen molar-refractivity contribution in [2.24, 2.45) is 0 Å². The molecule has 0 fully saturated rings. The van der Waals surface area contributed by atoms with E-state index < -0.39 is 20.0 Å². The molecule has 45 heavy (non-hydrogen) atoms. The predicted molar refractivity (Wildman–Crippen MR) is 180 cm³/mol. The van der Waals surface area contributed by atoms with Crippen LogP contribution >= 0.6 is 0 Å². The Morgan fingerprint density at radius 2 is 0.911 bits per heavy atom. The zero-order chi connectivity index (χ0) is 32.4. The minimum atomic E-state index is -4.11. The molecule has 0 aliphatic rings. The molecule has 0 saturated carbocycles. The maximum Gasteiger partial charge on any atom is 0.265 e. The number of benzene rings is 4. The maximum atomic E-state index is 14.5. The molecule has 0 spiro atoms. The van der Waals surface area contributed by atoms with Crippen molar-refractivity contribution in [1.29, 1.82) is 0 Å². The second-order valence-corrected chi connectivity index (χ2v) is 15.0. The Hall–Kier alpha value is -4.47. The van der Waals surface area contributed by atoms with Crippen LogP contribution in [0.15, 0.2) is 119 Å². The molecular formula is C36H37N3O4S2. The van der Waals surface area contributed by atoms with E-state index in [0.717, 1.165) is 22.3 Å². The average molecular weight is 640 g/mol. The van der Waals surface area contributed by atoms with E-state index in [1.165, 1.54) is 8.61 Å². The van der Waals surface area contributed by atoms with Gasteiger partial charge in [0.2, 0.25) is 0 Å². The third-order valence-corrected chi connectivity index (χ3v) is 11.4. The number of hydrogen-bond donors (Lipinski definition) is 0. The van der Waals surface area contributed by atoms with E-state index >= 15 is 0 Å². The lowest BCUT2D eigenvalue weighted by molar-refractivity contribution is 0.589. The fraction of sp³-hybridized carbons (Fsp3) is 0.194. The zero-order valence-electron chi connectivity index (χ0n) is 26.1. The molecule has 0 saturated heterocycles. The standard InChI is InChI=1S/C36H37N3O4S2/c1-26-16-20-33(21-17-26)44(40,41)38(24-31-12-8-6-9-13-31)35-28(3)30(5)37-36(29(35)4)39(25-32-14-10-7-11-15-32)45(42,43)34-22-18-27(2)19-23-34/h6-23H,24-25H2,1-5H3. The number of anilines is 2. The van der Waals surface area contributed by atoms with Crippen molar-refractivity contribution >= 4 is 31.6 Å². The van der Waals surface area contributed by atoms with Crippen LogP contribution in [0.25, 0.3) is 0 Å². The van der Waals surface area contributed by atoms with Gasteiger partial charge in [-0.3, -0.25) is 4.31 Å². The van der Waals surface area contributed by atoms with E-state index in [1.54, 1.807) is 62.4 Å². The lowest BCUT2D eigenvalue weighted by atomic mass is 10.1. The normalized spacial score (nSPS) is 11.8. The summed E-state index contributed by atoms with van der Waals surface area (Å²) in [7, 11) is -8.20. The Morgan fingerprint density at radius 3 is 1.36 bits per heavy atom. The molecule has 1 aromatic heterocycles. The number of aryl methyl sites for hydroxylation is 3. The van der Waals surface area contributed by atoms with Gasteiger partial charge in [-0.25, -0.2) is 26.1 Å². The summed E-state index contributed by atoms with van der Waals surface area (Å²) in [5.74, 6) is 0.176. The summed E-state index contributed by atoms with van der Waals surface area (Å²) in [6.45, 7) is 9.21. The average Bonchev–Trinajstić information content (AvgIpc) is 3.03. The Labute approximate surface area is 266 Å². The summed E-state index contributed by atoms with van der Waals surface area (Å²) in [5, 5.41) is 0. The lowest BCUT2D eigenvalue weighted by Crippen LogP contribution is -2.35. The Morgan fingerprint density at radius 1 is 0.511 bits per heavy atom. The van der Waals surface area contributed by atoms with Gasteiger partial charge in [-0.15, -0.1) is 0 Å². The molecule has 0 aliphatic heterocycles. The molecule has 0 amide bonds. The van der Waals surface area contributed by atoms with Gasteiger partial charge in [-0.2, -0.15) is 0 Å². The van der Waals surface area contributed by atoms with Gasteiger partial charge in [0, 0.05) is 11.3 Å². The summed E-state index contributed by atoms with van der Waals surface area (Å²) in [6, 6.07) is 32.1. The molecule has 5 rings (SSSR count). The van der Waals surface area contributed by atoms with Gasteiger partial charge in [0.1, 0.15) is 5.82 Å². The van der Waals surface area contributed by atoms with Crippen LogP contribution in [0.1, 0.15) is 39.1 Å². The van der Waals surface area contributed by atoms with Crippen LogP contribution in [-0.4, -0.2) is 21.8 Å². The summed E-state index contributed by atoms with van der Waals surface area (Å²) in [6.07, 6.45) is 0. The number of rotatable bonds is 10. The Bertz CT molecular complexity index is 2010. The smallest absolute Gasteiger partial charge is 0.261 e. The van der Waals surface area contributed by atoms with Crippen LogP contribution in [0.3, 0.4) is 0 Å². The van der Waals surface area contributed by atoms with E-state index in [2.05, 4.69) is 0 Å². The first-order chi connectivity index (χ1) is 21.4. The molecule has 1 heterocycles. The molecule has 0 aliphatic carbocycles. The fourth-order valence-corrected chi connectivity index (χ4v) is 8.26. The first kappa shape index (κ1) is 31.9. The first-order valence-electron chi connectivity index (χ1n) is 14.6. The van der Waals surface area contributed by atoms with Gasteiger partial charge in [0.25, 0.3) is 20.0 Å². The van der Waals surface area contributed by atoms with Gasteiger partial charge in [-0.1, -0.05) is 96.1 Å². The van der Waals surface area contributed by atoms with Gasteiger partial charge >= 0.3 is 0 Å². The molecule has 7 nitrogen and oxygen atoms in total. The quantitative estimate of drug-likeness (QED) is 0.159. The molecule has 232 valence electrons. The second kappa shape index (κ2) is 12.9. The highest BCUT2D eigenvalue weighted by Gasteiger charge is 2.34. The molecule has 0 radical (unpaired) electrons. The van der Waals surface area contributed by atoms with Crippen LogP contribution < -0.4 is 8.61 Å². The summed E-state index contributed by atoms with van der Waals surface area (Å²) >= 11 is 0. The van der Waals surface area contributed by atoms with Gasteiger partial charge in [0.05, 0.1) is 28.6 Å². The number of pyridine rings is 1. The number of sulfonamides is 2. The van der Waals surface area contributed by atoms with Crippen molar-refractivity contribution < 1.29 is 16.8 Å². The van der Waals surface area contributed by atoms with E-state index in [1.807, 2.05) is 81.4 Å². The van der Waals surface area contributed by atoms with Gasteiger partial charge in [-0.05, 0) is 75.6 Å². The van der Waals surface area contributed by atoms with Gasteiger partial charge < -0.3 is 0 Å². The second-order valence-electron chi connectivity index (χ2n) is 11.2. The molecule has 0 N–H and O–H groups in total. The molecular weight excluding hydrogens is 603 g/mol. The molecule has 0 atom stereocenters. The highest BCUT2D eigenvalue weighted by Crippen LogP contribution is 2.39. The largest absolute Gasteiger partial charge is 0.265 e. The van der Waals surface area contributed by atoms with Crippen LogP contribution in [0.2, 0.25) is 0 Å². The topological polar surface area (TPSA) is 87.7 Å². The van der Waals surface area contributed by atoms with Crippen molar-refractivity contribution in [3.63, 3.8) is 0 Å². The molecule has 0 unspecified atom stereocenters. The SMILES string of the molecule is Cc1ccc(S(=O)(=O)N(Cc2ccccc2)c2nc(C)c(C)c(N(Cc3ccccc3)S(=O)(=O)c3ccc(C)cc3)c2C)cc1. The van der Waals surface area contributed by atoms with Crippen molar-refractivity contribution in [3.8, 4) is 0 Å². The summed E-state index contributed by atoms with van der Waals surface area (Å²) < 4.78 is 60.3. The molecule has 5 aromatic rings. The highest BCUT2D eigenvalue weighted by atomic mass is 32.2. The molecule has 4 aromatic carbocycles. The predicted octanol–water partition coefficient (Wildman–Crippen LogP) is 7.41. The lowest BCUT2D eigenvalue weighted by Gasteiger charge is -2.32. The van der Waals surface area contributed by atoms with E-state index in [0.29, 0.717) is 22.5 Å². The van der Waals surface area contributed by atoms with E-state index in [9.17, 15) is 16.8 Å². The Kier molecular flexibility index (Phi) is 9.13. The fourth-order valence-electron chi connectivity index (χ4n) is 5.23. The van der Waals surface area contributed by atoms with Crippen LogP contribution in [-0.2, 0) is 33.1 Å². The third kappa shape index (κ3) is 6.65. The zero-order valence-corrected chi connectivity index (χ0v) is 27.7. The van der Waals surface area contributed by atoms with Crippen molar-refractivity contribution in [2.75, 3.05) is 8.61 Å². The van der Waals surface area contributed by atoms with Crippen molar-refractivity contribution in [3.05, 3.63) is 148 Å². The number of hydrogen-bond acceptors (Lipinski definition) is 5. The minimum absolute atomic E-state index is 0.0101. The van der Waals surface area contributed by atoms with Crippen LogP contribution in [0.5, 0.6) is 0 Å². The van der Waals surface area contributed by atoms with Crippen LogP contribution in [0.4, 0.5) is 11.5 Å². The van der Waals surface area contributed by atoms with E-state index in [-0.39, 0.29) is 28.7 Å². The highest BCUT2D eigenvalue weighted by molar-refractivity contribution is 7.93. The first-order valence-corrected chi connectivity index (χ1v) is 17.5. The summed E-state index contributed by atoms with van der Waals surface area (Å²) in [4.78, 5) is 5.09. The third-order valence-electron chi connectivity index (χ3n) is 7.90. The number of aromatic nitrogens is 1. The monoisotopic (exact) mass is 639 g/mol. The van der Waals surface area contributed by atoms with Crippen molar-refractivity contribution in [2.45, 2.75) is 57.5 Å².